The predicted molar refractivity (Wildman–Crippen MR) is 178 cm³/mol. The fourth-order valence-corrected chi connectivity index (χ4v) is 6.03. The Hall–Kier alpha value is -4.12. The van der Waals surface area contributed by atoms with Crippen LogP contribution in [0.4, 0.5) is 5.69 Å². The van der Waals surface area contributed by atoms with Crippen LogP contribution < -0.4 is 19.8 Å². The van der Waals surface area contributed by atoms with Gasteiger partial charge in [-0.05, 0) is 70.0 Å². The molecule has 0 fully saturated rings. The van der Waals surface area contributed by atoms with E-state index in [9.17, 15) is 9.59 Å². The minimum absolute atomic E-state index is 0.158. The van der Waals surface area contributed by atoms with Crippen LogP contribution >= 0.6 is 43.5 Å². The SMILES string of the molecule is COc1ccc(Cl)cc1C(=O)Oc1c(Br)cc(Br)cc1C=NNC(=O)c1[nH]c2ccc(N(C)C)cc2c1-c1ccccc1. The van der Waals surface area contributed by atoms with Gasteiger partial charge in [0.25, 0.3) is 5.91 Å². The van der Waals surface area contributed by atoms with Gasteiger partial charge >= 0.3 is 5.97 Å². The zero-order valence-electron chi connectivity index (χ0n) is 23.2. The first-order chi connectivity index (χ1) is 20.7. The molecule has 5 rings (SSSR count). The van der Waals surface area contributed by atoms with Crippen LogP contribution in [0.3, 0.4) is 0 Å². The first-order valence-corrected chi connectivity index (χ1v) is 14.9. The predicted octanol–water partition coefficient (Wildman–Crippen LogP) is 8.07. The number of fused-ring (bicyclic) bond motifs is 1. The molecule has 4 aromatic carbocycles. The summed E-state index contributed by atoms with van der Waals surface area (Å²) in [5.74, 6) is -0.604. The van der Waals surface area contributed by atoms with Crippen LogP contribution in [0.1, 0.15) is 26.4 Å². The zero-order valence-corrected chi connectivity index (χ0v) is 27.2. The first kappa shape index (κ1) is 30.3. The van der Waals surface area contributed by atoms with Crippen LogP contribution in [-0.4, -0.2) is 44.3 Å². The second-order valence-corrected chi connectivity index (χ2v) is 11.8. The Labute approximate surface area is 269 Å². The highest BCUT2D eigenvalue weighted by atomic mass is 79.9. The number of rotatable bonds is 8. The van der Waals surface area contributed by atoms with Crippen LogP contribution in [0.5, 0.6) is 11.5 Å². The number of hydrazone groups is 1. The standard InChI is InChI=1S/C32H25Br2ClN4O4/c1-39(2)22-10-11-26-23(16-22)28(18-7-5-4-6-8-18)29(37-26)31(40)38-36-17-19-13-20(33)14-25(34)30(19)43-32(41)24-15-21(35)9-12-27(24)42-3/h4-17,37H,1-3H3,(H,38,40). The maximum absolute atomic E-state index is 13.5. The van der Waals surface area contributed by atoms with Crippen molar-refractivity contribution < 1.29 is 19.1 Å². The number of hydrogen-bond acceptors (Lipinski definition) is 6. The number of halogens is 3. The van der Waals surface area contributed by atoms with Gasteiger partial charge in [-0.1, -0.05) is 57.9 Å². The molecule has 0 unspecified atom stereocenters. The molecule has 2 N–H and O–H groups in total. The van der Waals surface area contributed by atoms with Crippen LogP contribution in [0.2, 0.25) is 5.02 Å². The molecule has 0 bridgehead atoms. The lowest BCUT2D eigenvalue weighted by molar-refractivity contribution is 0.0729. The Morgan fingerprint density at radius 1 is 1.00 bits per heavy atom. The lowest BCUT2D eigenvalue weighted by Crippen LogP contribution is -2.19. The maximum Gasteiger partial charge on any atom is 0.347 e. The third-order valence-electron chi connectivity index (χ3n) is 6.57. The summed E-state index contributed by atoms with van der Waals surface area (Å²) in [6, 6.07) is 23.8. The first-order valence-electron chi connectivity index (χ1n) is 12.9. The van der Waals surface area contributed by atoms with E-state index >= 15 is 0 Å². The van der Waals surface area contributed by atoms with E-state index in [0.29, 0.717) is 31.0 Å². The summed E-state index contributed by atoms with van der Waals surface area (Å²) >= 11 is 13.0. The smallest absolute Gasteiger partial charge is 0.347 e. The average Bonchev–Trinajstić information content (AvgIpc) is 3.38. The third-order valence-corrected chi connectivity index (χ3v) is 7.85. The van der Waals surface area contributed by atoms with Gasteiger partial charge < -0.3 is 19.4 Å². The van der Waals surface area contributed by atoms with E-state index in [-0.39, 0.29) is 11.3 Å². The number of amides is 1. The summed E-state index contributed by atoms with van der Waals surface area (Å²) in [7, 11) is 5.39. The number of ether oxygens (including phenoxy) is 2. The third kappa shape index (κ3) is 6.61. The van der Waals surface area contributed by atoms with Crippen LogP contribution in [0, 0.1) is 0 Å². The molecule has 1 amide bonds. The van der Waals surface area contributed by atoms with Gasteiger partial charge in [0.15, 0.2) is 5.75 Å². The van der Waals surface area contributed by atoms with E-state index in [4.69, 9.17) is 21.1 Å². The highest BCUT2D eigenvalue weighted by molar-refractivity contribution is 9.11. The van der Waals surface area contributed by atoms with Crippen molar-refractivity contribution in [2.24, 2.45) is 5.10 Å². The molecular formula is C32H25Br2ClN4O4. The molecule has 5 aromatic rings. The molecule has 0 aliphatic heterocycles. The van der Waals surface area contributed by atoms with Crippen LogP contribution in [-0.2, 0) is 0 Å². The van der Waals surface area contributed by atoms with Crippen molar-refractivity contribution >= 4 is 78.1 Å². The number of aromatic amines is 1. The monoisotopic (exact) mass is 722 g/mol. The molecule has 0 aliphatic rings. The van der Waals surface area contributed by atoms with Crippen LogP contribution in [0.25, 0.3) is 22.0 Å². The van der Waals surface area contributed by atoms with Crippen molar-refractivity contribution in [1.82, 2.24) is 10.4 Å². The molecular weight excluding hydrogens is 700 g/mol. The molecule has 8 nitrogen and oxygen atoms in total. The molecule has 0 radical (unpaired) electrons. The van der Waals surface area contributed by atoms with Gasteiger partial charge in [0, 0.05) is 51.3 Å². The summed E-state index contributed by atoms with van der Waals surface area (Å²) in [6.45, 7) is 0. The molecule has 1 heterocycles. The van der Waals surface area contributed by atoms with Gasteiger partial charge in [0.1, 0.15) is 17.0 Å². The second kappa shape index (κ2) is 13.0. The van der Waals surface area contributed by atoms with E-state index < -0.39 is 11.9 Å². The molecule has 43 heavy (non-hydrogen) atoms. The Balaban J connectivity index is 1.46. The van der Waals surface area contributed by atoms with Gasteiger partial charge in [-0.15, -0.1) is 0 Å². The number of H-pyrrole nitrogens is 1. The molecule has 0 saturated carbocycles. The number of methoxy groups -OCH3 is 1. The summed E-state index contributed by atoms with van der Waals surface area (Å²) in [6.07, 6.45) is 1.40. The van der Waals surface area contributed by atoms with Crippen molar-refractivity contribution in [2.45, 2.75) is 0 Å². The Morgan fingerprint density at radius 3 is 2.49 bits per heavy atom. The topological polar surface area (TPSA) is 96.0 Å². The lowest BCUT2D eigenvalue weighted by atomic mass is 10.0. The van der Waals surface area contributed by atoms with Gasteiger partial charge in [0.05, 0.1) is 17.8 Å². The van der Waals surface area contributed by atoms with Crippen molar-refractivity contribution in [3.63, 3.8) is 0 Å². The quantitative estimate of drug-likeness (QED) is 0.0731. The van der Waals surface area contributed by atoms with Crippen LogP contribution in [0.15, 0.2) is 92.9 Å². The van der Waals surface area contributed by atoms with Gasteiger partial charge in [-0.2, -0.15) is 5.10 Å². The maximum atomic E-state index is 13.5. The van der Waals surface area contributed by atoms with Crippen molar-refractivity contribution in [1.29, 1.82) is 0 Å². The molecule has 0 saturated heterocycles. The number of anilines is 1. The highest BCUT2D eigenvalue weighted by Gasteiger charge is 2.21. The van der Waals surface area contributed by atoms with E-state index in [1.54, 1.807) is 24.3 Å². The summed E-state index contributed by atoms with van der Waals surface area (Å²) in [5, 5.41) is 5.48. The fourth-order valence-electron chi connectivity index (χ4n) is 4.52. The minimum Gasteiger partial charge on any atom is -0.496 e. The molecule has 218 valence electrons. The zero-order chi connectivity index (χ0) is 30.7. The van der Waals surface area contributed by atoms with Gasteiger partial charge in [0.2, 0.25) is 0 Å². The van der Waals surface area contributed by atoms with E-state index in [1.165, 1.54) is 19.4 Å². The number of aromatic nitrogens is 1. The van der Waals surface area contributed by atoms with E-state index in [1.807, 2.05) is 67.5 Å². The number of carbonyl (C=O) groups is 2. The normalized spacial score (nSPS) is 11.1. The minimum atomic E-state index is -0.677. The largest absolute Gasteiger partial charge is 0.496 e. The fraction of sp³-hybridized carbons (Fsp3) is 0.0938. The number of carbonyl (C=O) groups excluding carboxylic acids is 2. The Morgan fingerprint density at radius 2 is 1.77 bits per heavy atom. The summed E-state index contributed by atoms with van der Waals surface area (Å²) < 4.78 is 12.2. The van der Waals surface area contributed by atoms with Crippen molar-refractivity contribution in [2.75, 3.05) is 26.1 Å². The summed E-state index contributed by atoms with van der Waals surface area (Å²) in [4.78, 5) is 31.9. The molecule has 0 spiro atoms. The molecule has 0 atom stereocenters. The van der Waals surface area contributed by atoms with Gasteiger partial charge in [-0.3, -0.25) is 4.79 Å². The number of benzene rings is 4. The van der Waals surface area contributed by atoms with Crippen molar-refractivity contribution in [3.8, 4) is 22.6 Å². The Kier molecular flexibility index (Phi) is 9.19. The number of nitrogens with one attached hydrogen (secondary N) is 2. The summed E-state index contributed by atoms with van der Waals surface area (Å²) in [5.41, 5.74) is 7.04. The molecule has 11 heteroatoms. The average molecular weight is 725 g/mol. The number of esters is 1. The number of nitrogens with zero attached hydrogens (tertiary/aromatic N) is 2. The van der Waals surface area contributed by atoms with E-state index in [2.05, 4.69) is 47.4 Å². The number of hydrogen-bond donors (Lipinski definition) is 2. The van der Waals surface area contributed by atoms with Gasteiger partial charge in [-0.25, -0.2) is 10.2 Å². The Bertz CT molecular complexity index is 1870. The molecule has 0 aliphatic carbocycles. The second-order valence-electron chi connectivity index (χ2n) is 9.60. The molecule has 1 aromatic heterocycles. The van der Waals surface area contributed by atoms with E-state index in [0.717, 1.165) is 27.7 Å². The lowest BCUT2D eigenvalue weighted by Gasteiger charge is -2.13. The highest BCUT2D eigenvalue weighted by Crippen LogP contribution is 2.36. The van der Waals surface area contributed by atoms with Crippen molar-refractivity contribution in [3.05, 3.63) is 110 Å².